The van der Waals surface area contributed by atoms with E-state index in [1.807, 2.05) is 13.8 Å². The first-order valence-corrected chi connectivity index (χ1v) is 6.23. The van der Waals surface area contributed by atoms with Crippen LogP contribution < -0.4 is 5.32 Å². The fourth-order valence-electron chi connectivity index (χ4n) is 1.90. The summed E-state index contributed by atoms with van der Waals surface area (Å²) in [6.45, 7) is 9.51. The van der Waals surface area contributed by atoms with E-state index >= 15 is 0 Å². The van der Waals surface area contributed by atoms with Gasteiger partial charge in [-0.1, -0.05) is 20.3 Å². The van der Waals surface area contributed by atoms with E-state index in [4.69, 9.17) is 0 Å². The zero-order valence-corrected chi connectivity index (χ0v) is 10.9. The highest BCUT2D eigenvalue weighted by atomic mass is 15.1. The second kappa shape index (κ2) is 6.59. The van der Waals surface area contributed by atoms with Gasteiger partial charge < -0.3 is 5.32 Å². The zero-order valence-electron chi connectivity index (χ0n) is 10.9. The average Bonchev–Trinajstić information content (AvgIpc) is 2.28. The molecule has 0 saturated heterocycles. The molecule has 1 atom stereocenters. The maximum absolute atomic E-state index is 4.20. The molecule has 1 N–H and O–H groups in total. The predicted octanol–water partition coefficient (Wildman–Crippen LogP) is 2.93. The van der Waals surface area contributed by atoms with E-state index in [1.165, 1.54) is 12.0 Å². The van der Waals surface area contributed by atoms with E-state index in [1.54, 1.807) is 0 Å². The monoisotopic (exact) mass is 221 g/mol. The van der Waals surface area contributed by atoms with Crippen LogP contribution in [0.4, 0.5) is 0 Å². The van der Waals surface area contributed by atoms with Crippen molar-refractivity contribution in [2.24, 2.45) is 0 Å². The van der Waals surface area contributed by atoms with E-state index in [2.05, 4.69) is 35.4 Å². The number of nitrogens with zero attached hydrogens (tertiary/aromatic N) is 2. The molecule has 0 aliphatic heterocycles. The lowest BCUT2D eigenvalue weighted by Crippen LogP contribution is -2.23. The molecule has 0 radical (unpaired) electrons. The molecule has 0 spiro atoms. The van der Waals surface area contributed by atoms with Crippen LogP contribution in [0.15, 0.2) is 6.07 Å². The van der Waals surface area contributed by atoms with Gasteiger partial charge in [0.25, 0.3) is 0 Å². The second-order valence-corrected chi connectivity index (χ2v) is 4.32. The Bertz CT molecular complexity index is 323. The van der Waals surface area contributed by atoms with Gasteiger partial charge in [0, 0.05) is 6.04 Å². The molecule has 0 bridgehead atoms. The van der Waals surface area contributed by atoms with Gasteiger partial charge in [-0.05, 0) is 44.9 Å². The summed E-state index contributed by atoms with van der Waals surface area (Å²) in [5.74, 6) is 0. The number of hydrogen-bond acceptors (Lipinski definition) is 3. The first kappa shape index (κ1) is 13.1. The minimum atomic E-state index is 0.430. The maximum Gasteiger partial charge on any atom is 0.0648 e. The third-order valence-corrected chi connectivity index (χ3v) is 2.73. The van der Waals surface area contributed by atoms with E-state index in [9.17, 15) is 0 Å². The number of aromatic nitrogens is 2. The Morgan fingerprint density at radius 3 is 2.56 bits per heavy atom. The van der Waals surface area contributed by atoms with E-state index in [0.717, 1.165) is 30.8 Å². The fraction of sp³-hybridized carbons (Fsp3) is 0.692. The normalized spacial score (nSPS) is 12.8. The van der Waals surface area contributed by atoms with Crippen LogP contribution in [0.3, 0.4) is 0 Å². The highest BCUT2D eigenvalue weighted by Crippen LogP contribution is 2.20. The molecule has 16 heavy (non-hydrogen) atoms. The van der Waals surface area contributed by atoms with Crippen molar-refractivity contribution in [3.05, 3.63) is 23.0 Å². The Morgan fingerprint density at radius 1 is 1.19 bits per heavy atom. The summed E-state index contributed by atoms with van der Waals surface area (Å²) in [6.07, 6.45) is 3.50. The van der Waals surface area contributed by atoms with Crippen LogP contribution in [0.5, 0.6) is 0 Å². The number of nitrogens with one attached hydrogen (secondary N) is 1. The molecule has 1 unspecified atom stereocenters. The van der Waals surface area contributed by atoms with Gasteiger partial charge in [0.2, 0.25) is 0 Å². The number of aryl methyl sites for hydroxylation is 2. The third kappa shape index (κ3) is 3.56. The van der Waals surface area contributed by atoms with Gasteiger partial charge in [0.1, 0.15) is 0 Å². The van der Waals surface area contributed by atoms with Crippen molar-refractivity contribution in [2.45, 2.75) is 53.0 Å². The summed E-state index contributed by atoms with van der Waals surface area (Å²) in [5, 5.41) is 11.9. The lowest BCUT2D eigenvalue weighted by atomic mass is 10.0. The molecule has 0 amide bonds. The zero-order chi connectivity index (χ0) is 12.0. The first-order chi connectivity index (χ1) is 7.69. The van der Waals surface area contributed by atoms with Gasteiger partial charge >= 0.3 is 0 Å². The van der Waals surface area contributed by atoms with Gasteiger partial charge in [0.05, 0.1) is 11.4 Å². The smallest absolute Gasteiger partial charge is 0.0648 e. The van der Waals surface area contributed by atoms with E-state index in [-0.39, 0.29) is 0 Å². The molecule has 0 fully saturated rings. The second-order valence-electron chi connectivity index (χ2n) is 4.32. The Hall–Kier alpha value is -0.960. The summed E-state index contributed by atoms with van der Waals surface area (Å²) in [4.78, 5) is 0. The largest absolute Gasteiger partial charge is 0.310 e. The van der Waals surface area contributed by atoms with E-state index < -0.39 is 0 Å². The fourth-order valence-corrected chi connectivity index (χ4v) is 1.90. The molecule has 0 saturated carbocycles. The molecule has 0 aliphatic carbocycles. The molecular weight excluding hydrogens is 198 g/mol. The lowest BCUT2D eigenvalue weighted by Gasteiger charge is -2.19. The molecule has 3 nitrogen and oxygen atoms in total. The first-order valence-electron chi connectivity index (χ1n) is 6.23. The minimum absolute atomic E-state index is 0.430. The highest BCUT2D eigenvalue weighted by Gasteiger charge is 2.13. The van der Waals surface area contributed by atoms with Crippen molar-refractivity contribution < 1.29 is 0 Å². The van der Waals surface area contributed by atoms with Crippen molar-refractivity contribution in [3.8, 4) is 0 Å². The Kier molecular flexibility index (Phi) is 5.39. The Balaban J connectivity index is 2.85. The Labute approximate surface area is 98.7 Å². The molecule has 90 valence electrons. The summed E-state index contributed by atoms with van der Waals surface area (Å²) in [5.41, 5.74) is 3.36. The van der Waals surface area contributed by atoms with Crippen molar-refractivity contribution in [3.63, 3.8) is 0 Å². The van der Waals surface area contributed by atoms with Crippen LogP contribution in [-0.2, 0) is 0 Å². The summed E-state index contributed by atoms with van der Waals surface area (Å²) in [7, 11) is 0. The van der Waals surface area contributed by atoms with Crippen molar-refractivity contribution in [1.29, 1.82) is 0 Å². The summed E-state index contributed by atoms with van der Waals surface area (Å²) < 4.78 is 0. The molecule has 1 rings (SSSR count). The lowest BCUT2D eigenvalue weighted by molar-refractivity contribution is 0.489. The van der Waals surface area contributed by atoms with E-state index in [0.29, 0.717) is 6.04 Å². The molecule has 0 aromatic carbocycles. The van der Waals surface area contributed by atoms with Crippen molar-refractivity contribution >= 4 is 0 Å². The molecule has 1 heterocycles. The quantitative estimate of drug-likeness (QED) is 0.802. The SMILES string of the molecule is CCCNC(CCC)c1cc(C)nnc1C. The van der Waals surface area contributed by atoms with Crippen molar-refractivity contribution in [1.82, 2.24) is 15.5 Å². The van der Waals surface area contributed by atoms with Crippen LogP contribution in [0, 0.1) is 13.8 Å². The van der Waals surface area contributed by atoms with Gasteiger partial charge in [-0.3, -0.25) is 0 Å². The number of rotatable bonds is 6. The summed E-state index contributed by atoms with van der Waals surface area (Å²) in [6, 6.07) is 2.59. The molecule has 1 aromatic rings. The topological polar surface area (TPSA) is 37.8 Å². The van der Waals surface area contributed by atoms with Gasteiger partial charge in [-0.15, -0.1) is 0 Å². The standard InChI is InChI=1S/C13H23N3/c1-5-7-13(14-8-6-2)12-9-10(3)15-16-11(12)4/h9,13-14H,5-8H2,1-4H3. The molecule has 1 aromatic heterocycles. The predicted molar refractivity (Wildman–Crippen MR) is 67.4 cm³/mol. The van der Waals surface area contributed by atoms with Gasteiger partial charge in [-0.2, -0.15) is 10.2 Å². The molecule has 0 aliphatic rings. The van der Waals surface area contributed by atoms with Crippen LogP contribution in [0.2, 0.25) is 0 Å². The Morgan fingerprint density at radius 2 is 1.94 bits per heavy atom. The van der Waals surface area contributed by atoms with Gasteiger partial charge in [-0.25, -0.2) is 0 Å². The third-order valence-electron chi connectivity index (χ3n) is 2.73. The highest BCUT2D eigenvalue weighted by molar-refractivity contribution is 5.23. The average molecular weight is 221 g/mol. The van der Waals surface area contributed by atoms with Gasteiger partial charge in [0.15, 0.2) is 0 Å². The maximum atomic E-state index is 4.20. The number of hydrogen-bond donors (Lipinski definition) is 1. The molecular formula is C13H23N3. The minimum Gasteiger partial charge on any atom is -0.310 e. The van der Waals surface area contributed by atoms with Crippen LogP contribution >= 0.6 is 0 Å². The van der Waals surface area contributed by atoms with Crippen molar-refractivity contribution in [2.75, 3.05) is 6.54 Å². The summed E-state index contributed by atoms with van der Waals surface area (Å²) >= 11 is 0. The van der Waals surface area contributed by atoms with Crippen LogP contribution in [-0.4, -0.2) is 16.7 Å². The van der Waals surface area contributed by atoms with Crippen LogP contribution in [0.1, 0.15) is 56.1 Å². The van der Waals surface area contributed by atoms with Crippen LogP contribution in [0.25, 0.3) is 0 Å². The molecule has 3 heteroatoms.